The van der Waals surface area contributed by atoms with Gasteiger partial charge < -0.3 is 10.6 Å². The van der Waals surface area contributed by atoms with Crippen molar-refractivity contribution in [3.05, 3.63) is 11.1 Å². The Morgan fingerprint density at radius 1 is 1.73 bits per heavy atom. The largest absolute Gasteiger partial charge is 0.392 e. The number of amides is 1. The highest BCUT2D eigenvalue weighted by Gasteiger charge is 2.20. The third kappa shape index (κ3) is 3.21. The maximum Gasteiger partial charge on any atom is 0.267 e. The Bertz CT molecular complexity index is 350. The normalized spacial score (nSPS) is 10.3. The van der Waals surface area contributed by atoms with Crippen molar-refractivity contribution < 1.29 is 4.79 Å². The first kappa shape index (κ1) is 12.0. The van der Waals surface area contributed by atoms with Crippen LogP contribution in [0.3, 0.4) is 0 Å². The maximum absolute atomic E-state index is 11.9. The second kappa shape index (κ2) is 5.13. The number of carbonyl (C=O) groups excluding carboxylic acids is 1. The standard InChI is InChI=1S/C8H12N4OS2/c1-5(2)12(4-7(9)14)8(13)6-3-10-11-15-6/h3,5H,4H2,1-2H3,(H2,9,14). The molecule has 0 unspecified atom stereocenters. The predicted molar refractivity (Wildman–Crippen MR) is 62.9 cm³/mol. The summed E-state index contributed by atoms with van der Waals surface area (Å²) in [6, 6.07) is 0.0427. The molecule has 0 spiro atoms. The molecular formula is C8H12N4OS2. The van der Waals surface area contributed by atoms with Crippen molar-refractivity contribution in [1.82, 2.24) is 14.5 Å². The average molecular weight is 244 g/mol. The Balaban J connectivity index is 2.81. The lowest BCUT2D eigenvalue weighted by Crippen LogP contribution is -2.41. The van der Waals surface area contributed by atoms with E-state index in [4.69, 9.17) is 18.0 Å². The molecule has 1 rings (SSSR count). The third-order valence-electron chi connectivity index (χ3n) is 1.78. The molecule has 0 aliphatic heterocycles. The minimum absolute atomic E-state index is 0.0427. The number of hydrogen-bond acceptors (Lipinski definition) is 5. The van der Waals surface area contributed by atoms with E-state index in [1.165, 1.54) is 6.20 Å². The van der Waals surface area contributed by atoms with Gasteiger partial charge in [-0.25, -0.2) is 0 Å². The van der Waals surface area contributed by atoms with Gasteiger partial charge in [-0.2, -0.15) is 0 Å². The Hall–Kier alpha value is -1.08. The molecule has 0 aliphatic carbocycles. The van der Waals surface area contributed by atoms with Crippen LogP contribution in [0.5, 0.6) is 0 Å². The summed E-state index contributed by atoms with van der Waals surface area (Å²) < 4.78 is 3.64. The van der Waals surface area contributed by atoms with Crippen LogP contribution in [0.25, 0.3) is 0 Å². The van der Waals surface area contributed by atoms with Gasteiger partial charge in [-0.1, -0.05) is 16.7 Å². The molecule has 0 saturated carbocycles. The van der Waals surface area contributed by atoms with E-state index in [0.29, 0.717) is 9.87 Å². The van der Waals surface area contributed by atoms with E-state index in [2.05, 4.69) is 9.59 Å². The molecule has 1 aromatic heterocycles. The molecule has 0 aromatic carbocycles. The molecular weight excluding hydrogens is 232 g/mol. The van der Waals surface area contributed by atoms with Crippen LogP contribution in [0.2, 0.25) is 0 Å². The minimum atomic E-state index is -0.132. The van der Waals surface area contributed by atoms with Gasteiger partial charge in [-0.3, -0.25) is 4.79 Å². The van der Waals surface area contributed by atoms with Gasteiger partial charge in [-0.05, 0) is 25.4 Å². The number of nitrogens with zero attached hydrogens (tertiary/aromatic N) is 3. The lowest BCUT2D eigenvalue weighted by atomic mass is 10.3. The van der Waals surface area contributed by atoms with Crippen molar-refractivity contribution in [2.24, 2.45) is 5.73 Å². The summed E-state index contributed by atoms with van der Waals surface area (Å²) in [7, 11) is 0. The first-order valence-corrected chi connectivity index (χ1v) is 5.57. The van der Waals surface area contributed by atoms with E-state index < -0.39 is 0 Å². The maximum atomic E-state index is 11.9. The number of nitrogens with two attached hydrogens (primary N) is 1. The van der Waals surface area contributed by atoms with Gasteiger partial charge in [0.2, 0.25) is 0 Å². The smallest absolute Gasteiger partial charge is 0.267 e. The number of hydrogen-bond donors (Lipinski definition) is 1. The van der Waals surface area contributed by atoms with E-state index in [9.17, 15) is 4.79 Å². The molecule has 0 saturated heterocycles. The summed E-state index contributed by atoms with van der Waals surface area (Å²) in [6.45, 7) is 4.10. The summed E-state index contributed by atoms with van der Waals surface area (Å²) in [5, 5.41) is 3.62. The molecule has 0 radical (unpaired) electrons. The van der Waals surface area contributed by atoms with Crippen molar-refractivity contribution in [1.29, 1.82) is 0 Å². The topological polar surface area (TPSA) is 72.1 Å². The van der Waals surface area contributed by atoms with Crippen LogP contribution in [0, 0.1) is 0 Å². The van der Waals surface area contributed by atoms with Crippen molar-refractivity contribution >= 4 is 34.6 Å². The Morgan fingerprint density at radius 2 is 2.40 bits per heavy atom. The summed E-state index contributed by atoms with van der Waals surface area (Å²) in [5.74, 6) is -0.132. The van der Waals surface area contributed by atoms with Crippen LogP contribution < -0.4 is 5.73 Å². The summed E-state index contributed by atoms with van der Waals surface area (Å²) in [5.41, 5.74) is 5.43. The second-order valence-corrected chi connectivity index (χ2v) is 4.58. The molecule has 82 valence electrons. The van der Waals surface area contributed by atoms with Gasteiger partial charge in [0.1, 0.15) is 4.88 Å². The number of aromatic nitrogens is 2. The Labute approximate surface area is 97.4 Å². The van der Waals surface area contributed by atoms with Gasteiger partial charge in [-0.15, -0.1) is 5.10 Å². The fourth-order valence-corrected chi connectivity index (χ4v) is 1.67. The number of rotatable bonds is 4. The highest BCUT2D eigenvalue weighted by molar-refractivity contribution is 7.80. The molecule has 0 fully saturated rings. The lowest BCUT2D eigenvalue weighted by molar-refractivity contribution is 0.0741. The highest BCUT2D eigenvalue weighted by atomic mass is 32.1. The van der Waals surface area contributed by atoms with Gasteiger partial charge in [0, 0.05) is 6.04 Å². The van der Waals surface area contributed by atoms with Gasteiger partial charge in [0.25, 0.3) is 5.91 Å². The molecule has 15 heavy (non-hydrogen) atoms. The average Bonchev–Trinajstić information content (AvgIpc) is 2.65. The lowest BCUT2D eigenvalue weighted by Gasteiger charge is -2.25. The molecule has 0 bridgehead atoms. The summed E-state index contributed by atoms with van der Waals surface area (Å²) in [4.78, 5) is 14.3. The Kier molecular flexibility index (Phi) is 4.10. The van der Waals surface area contributed by atoms with E-state index in [1.807, 2.05) is 13.8 Å². The summed E-state index contributed by atoms with van der Waals surface area (Å²) in [6.07, 6.45) is 1.45. The fraction of sp³-hybridized carbons (Fsp3) is 0.500. The zero-order chi connectivity index (χ0) is 11.4. The van der Waals surface area contributed by atoms with Crippen molar-refractivity contribution in [3.8, 4) is 0 Å². The van der Waals surface area contributed by atoms with Crippen LogP contribution in [0.1, 0.15) is 23.5 Å². The van der Waals surface area contributed by atoms with Gasteiger partial charge in [0.05, 0.1) is 17.7 Å². The van der Waals surface area contributed by atoms with Crippen LogP contribution in [-0.2, 0) is 0 Å². The van der Waals surface area contributed by atoms with Crippen LogP contribution in [0.15, 0.2) is 6.20 Å². The van der Waals surface area contributed by atoms with E-state index >= 15 is 0 Å². The van der Waals surface area contributed by atoms with Crippen LogP contribution in [-0.4, -0.2) is 38.0 Å². The summed E-state index contributed by atoms with van der Waals surface area (Å²) >= 11 is 5.86. The molecule has 0 aliphatic rings. The molecule has 2 N–H and O–H groups in total. The third-order valence-corrected chi connectivity index (χ3v) is 2.56. The first-order valence-electron chi connectivity index (χ1n) is 4.39. The molecule has 1 amide bonds. The molecule has 5 nitrogen and oxygen atoms in total. The molecule has 7 heteroatoms. The first-order chi connectivity index (χ1) is 7.02. The Morgan fingerprint density at radius 3 is 2.80 bits per heavy atom. The van der Waals surface area contributed by atoms with Gasteiger partial charge in [0.15, 0.2) is 0 Å². The zero-order valence-corrected chi connectivity index (χ0v) is 10.1. The fourth-order valence-electron chi connectivity index (χ4n) is 1.06. The van der Waals surface area contributed by atoms with E-state index in [-0.39, 0.29) is 18.5 Å². The number of thiocarbonyl (C=S) groups is 1. The van der Waals surface area contributed by atoms with Crippen LogP contribution >= 0.6 is 23.8 Å². The highest BCUT2D eigenvalue weighted by Crippen LogP contribution is 2.10. The van der Waals surface area contributed by atoms with Crippen molar-refractivity contribution in [3.63, 3.8) is 0 Å². The van der Waals surface area contributed by atoms with E-state index in [0.717, 1.165) is 11.5 Å². The second-order valence-electron chi connectivity index (χ2n) is 3.27. The van der Waals surface area contributed by atoms with Crippen molar-refractivity contribution in [2.45, 2.75) is 19.9 Å². The van der Waals surface area contributed by atoms with Crippen molar-refractivity contribution in [2.75, 3.05) is 6.54 Å². The van der Waals surface area contributed by atoms with Gasteiger partial charge >= 0.3 is 0 Å². The number of carbonyl (C=O) groups is 1. The minimum Gasteiger partial charge on any atom is -0.392 e. The van der Waals surface area contributed by atoms with Crippen LogP contribution in [0.4, 0.5) is 0 Å². The predicted octanol–water partition coefficient (Wildman–Crippen LogP) is 0.675. The molecule has 0 atom stereocenters. The SMILES string of the molecule is CC(C)N(CC(N)=S)C(=O)c1cnns1. The molecule has 1 aromatic rings. The monoisotopic (exact) mass is 244 g/mol. The molecule has 1 heterocycles. The zero-order valence-electron chi connectivity index (χ0n) is 8.51. The quantitative estimate of drug-likeness (QED) is 0.788. The van der Waals surface area contributed by atoms with E-state index in [1.54, 1.807) is 4.90 Å².